The van der Waals surface area contributed by atoms with Crippen molar-refractivity contribution in [3.05, 3.63) is 120 Å². The summed E-state index contributed by atoms with van der Waals surface area (Å²) in [5, 5.41) is 5.66. The number of pyridine rings is 2. The molecule has 12 nitrogen and oxygen atoms in total. The lowest BCUT2D eigenvalue weighted by Crippen LogP contribution is -2.18. The van der Waals surface area contributed by atoms with Crippen molar-refractivity contribution in [3.8, 4) is 34.4 Å². The summed E-state index contributed by atoms with van der Waals surface area (Å²) in [6.45, 7) is 1.49. The maximum Gasteiger partial charge on any atom is 0.150 e. The van der Waals surface area contributed by atoms with E-state index in [0.717, 1.165) is 97.5 Å². The molecule has 0 atom stereocenters. The number of nitrogens with one attached hydrogen (secondary N) is 1. The first kappa shape index (κ1) is 37.4. The molecule has 1 N–H and O–H groups in total. The molecule has 57 heavy (non-hydrogen) atoms. The zero-order valence-electron chi connectivity index (χ0n) is 33.0. The number of hydrogen-bond acceptors (Lipinski definition) is 11. The molecule has 1 saturated carbocycles. The fraction of sp³-hybridized carbons (Fsp3) is 0.289. The van der Waals surface area contributed by atoms with E-state index in [1.165, 1.54) is 18.4 Å². The van der Waals surface area contributed by atoms with Crippen molar-refractivity contribution in [2.45, 2.75) is 51.3 Å². The third-order valence-electron chi connectivity index (χ3n) is 10.8. The Kier molecular flexibility index (Phi) is 10.9. The van der Waals surface area contributed by atoms with Crippen molar-refractivity contribution in [3.63, 3.8) is 0 Å². The van der Waals surface area contributed by atoms with Crippen molar-refractivity contribution < 1.29 is 23.7 Å². The second kappa shape index (κ2) is 16.7. The van der Waals surface area contributed by atoms with Crippen LogP contribution in [0.25, 0.3) is 27.6 Å². The fourth-order valence-corrected chi connectivity index (χ4v) is 7.70. The maximum atomic E-state index is 6.35. The minimum Gasteiger partial charge on any atom is -0.497 e. The summed E-state index contributed by atoms with van der Waals surface area (Å²) in [4.78, 5) is 21.3. The van der Waals surface area contributed by atoms with Crippen LogP contribution in [0.5, 0.6) is 28.7 Å². The lowest BCUT2D eigenvalue weighted by Gasteiger charge is -2.20. The van der Waals surface area contributed by atoms with Gasteiger partial charge in [-0.15, -0.1) is 0 Å². The maximum absolute atomic E-state index is 6.35. The van der Waals surface area contributed by atoms with E-state index in [1.54, 1.807) is 34.8 Å². The summed E-state index contributed by atoms with van der Waals surface area (Å²) in [6.07, 6.45) is 12.3. The van der Waals surface area contributed by atoms with Crippen molar-refractivity contribution in [1.29, 1.82) is 0 Å². The average Bonchev–Trinajstić information content (AvgIpc) is 3.94. The van der Waals surface area contributed by atoms with Crippen LogP contribution in [0.15, 0.2) is 97.7 Å². The summed E-state index contributed by atoms with van der Waals surface area (Å²) in [7, 11) is 8.66. The van der Waals surface area contributed by atoms with Gasteiger partial charge in [-0.1, -0.05) is 12.8 Å². The molecule has 3 aromatic carbocycles. The molecule has 0 saturated heterocycles. The highest BCUT2D eigenvalue weighted by molar-refractivity contribution is 5.92. The molecule has 8 rings (SSSR count). The largest absolute Gasteiger partial charge is 0.497 e. The van der Waals surface area contributed by atoms with Crippen LogP contribution in [-0.2, 0) is 19.7 Å². The minimum absolute atomic E-state index is 0.337. The quantitative estimate of drug-likeness (QED) is 0.108. The zero-order chi connectivity index (χ0) is 39.3. The minimum atomic E-state index is 0.337. The van der Waals surface area contributed by atoms with Crippen LogP contribution >= 0.6 is 0 Å². The highest BCUT2D eigenvalue weighted by Crippen LogP contribution is 2.41. The van der Waals surface area contributed by atoms with Gasteiger partial charge >= 0.3 is 0 Å². The van der Waals surface area contributed by atoms with Gasteiger partial charge in [-0.25, -0.2) is 15.0 Å². The van der Waals surface area contributed by atoms with Crippen LogP contribution in [0.2, 0.25) is 0 Å². The molecule has 0 bridgehead atoms. The Hall–Kier alpha value is -6.56. The molecule has 12 heteroatoms. The zero-order valence-corrected chi connectivity index (χ0v) is 33.0. The molecule has 0 amide bonds. The van der Waals surface area contributed by atoms with Gasteiger partial charge < -0.3 is 33.9 Å². The van der Waals surface area contributed by atoms with Gasteiger partial charge in [0.1, 0.15) is 59.0 Å². The predicted molar refractivity (Wildman–Crippen MR) is 222 cm³/mol. The first-order valence-corrected chi connectivity index (χ1v) is 19.1. The highest BCUT2D eigenvalue weighted by atomic mass is 16.5. The number of methoxy groups -OCH3 is 4. The number of fused-ring (bicyclic) bond motifs is 2. The Bertz CT molecular complexity index is 2520. The van der Waals surface area contributed by atoms with Crippen molar-refractivity contribution in [2.24, 2.45) is 0 Å². The molecule has 4 aromatic heterocycles. The van der Waals surface area contributed by atoms with E-state index in [1.807, 2.05) is 80.1 Å². The van der Waals surface area contributed by atoms with Crippen molar-refractivity contribution >= 4 is 33.6 Å². The third kappa shape index (κ3) is 7.93. The monoisotopic (exact) mass is 765 g/mol. The van der Waals surface area contributed by atoms with Gasteiger partial charge in [0.05, 0.1) is 51.2 Å². The van der Waals surface area contributed by atoms with Crippen LogP contribution in [-0.4, -0.2) is 60.0 Å². The molecule has 292 valence electrons. The van der Waals surface area contributed by atoms with Crippen molar-refractivity contribution in [1.82, 2.24) is 24.5 Å². The summed E-state index contributed by atoms with van der Waals surface area (Å²) in [6, 6.07) is 23.9. The molecule has 4 heterocycles. The highest BCUT2D eigenvalue weighted by Gasteiger charge is 2.25. The van der Waals surface area contributed by atoms with Crippen molar-refractivity contribution in [2.75, 3.05) is 45.7 Å². The molecular weight excluding hydrogens is 719 g/mol. The molecule has 0 radical (unpaired) electrons. The molecule has 1 aliphatic carbocycles. The average molecular weight is 766 g/mol. The van der Waals surface area contributed by atoms with E-state index < -0.39 is 0 Å². The molecular formula is C45H47N7O5. The lowest BCUT2D eigenvalue weighted by molar-refractivity contribution is 0.306. The number of anilines is 2. The molecule has 1 fully saturated rings. The number of ether oxygens (including phenoxy) is 5. The standard InChI is InChI=1S/C45H47N7O5/c1-51(25-33-12-15-36(54-3)21-41(33)56-5)42-17-13-31-10-16-37(19-39(31)50-42)57-27-29-18-34(24-46-22-29)52-26-38(30-8-6-7-9-30)43-44(48-28-49-45(43)52)47-23-32-11-14-35(53-2)20-40(32)55-4/h10-22,24,26,28,30H,6-9,23,25,27H2,1-5H3,(H,47,48,49). The number of rotatable bonds is 15. The van der Waals surface area contributed by atoms with Gasteiger partial charge in [-0.05, 0) is 78.9 Å². The Morgan fingerprint density at radius 3 is 2.25 bits per heavy atom. The normalized spacial score (nSPS) is 12.9. The summed E-state index contributed by atoms with van der Waals surface area (Å²) in [5.41, 5.74) is 6.82. The van der Waals surface area contributed by atoms with Crippen LogP contribution in [0.4, 0.5) is 11.6 Å². The number of benzene rings is 3. The van der Waals surface area contributed by atoms with Crippen LogP contribution in [0.1, 0.15) is 53.9 Å². The third-order valence-corrected chi connectivity index (χ3v) is 10.8. The lowest BCUT2D eigenvalue weighted by atomic mass is 9.98. The first-order valence-electron chi connectivity index (χ1n) is 19.1. The molecule has 0 unspecified atom stereocenters. The smallest absolute Gasteiger partial charge is 0.150 e. The Morgan fingerprint density at radius 1 is 0.772 bits per heavy atom. The van der Waals surface area contributed by atoms with Gasteiger partial charge in [0.2, 0.25) is 0 Å². The van der Waals surface area contributed by atoms with E-state index in [-0.39, 0.29) is 0 Å². The molecule has 7 aromatic rings. The molecule has 0 aliphatic heterocycles. The topological polar surface area (TPSA) is 118 Å². The van der Waals surface area contributed by atoms with E-state index in [9.17, 15) is 0 Å². The van der Waals surface area contributed by atoms with Gasteiger partial charge in [-0.2, -0.15) is 0 Å². The van der Waals surface area contributed by atoms with E-state index >= 15 is 0 Å². The van der Waals surface area contributed by atoms with E-state index in [2.05, 4.69) is 38.1 Å². The van der Waals surface area contributed by atoms with Crippen LogP contribution in [0, 0.1) is 0 Å². The second-order valence-corrected chi connectivity index (χ2v) is 14.3. The fourth-order valence-electron chi connectivity index (χ4n) is 7.70. The SMILES string of the molecule is COc1ccc(CNc2ncnc3c2c(C2CCCC2)cn3-c2cncc(COc3ccc4ccc(N(C)Cc5ccc(OC)cc5OC)nc4c3)c2)c(OC)c1. The van der Waals surface area contributed by atoms with E-state index in [0.29, 0.717) is 25.6 Å². The van der Waals surface area contributed by atoms with Crippen LogP contribution < -0.4 is 33.9 Å². The van der Waals surface area contributed by atoms with Gasteiger partial charge in [0.25, 0.3) is 0 Å². The molecule has 1 aliphatic rings. The van der Waals surface area contributed by atoms with Gasteiger partial charge in [0.15, 0.2) is 0 Å². The van der Waals surface area contributed by atoms with Gasteiger partial charge in [-0.3, -0.25) is 9.55 Å². The Morgan fingerprint density at radius 2 is 1.49 bits per heavy atom. The molecule has 0 spiro atoms. The number of hydrogen-bond donors (Lipinski definition) is 1. The number of nitrogens with zero attached hydrogens (tertiary/aromatic N) is 6. The second-order valence-electron chi connectivity index (χ2n) is 14.3. The summed E-state index contributed by atoms with van der Waals surface area (Å²) in [5.74, 6) is 5.82. The first-order chi connectivity index (χ1) is 27.9. The summed E-state index contributed by atoms with van der Waals surface area (Å²) >= 11 is 0. The van der Waals surface area contributed by atoms with E-state index in [4.69, 9.17) is 38.6 Å². The Labute approximate surface area is 332 Å². The van der Waals surface area contributed by atoms with Crippen LogP contribution in [0.3, 0.4) is 0 Å². The summed E-state index contributed by atoms with van der Waals surface area (Å²) < 4.78 is 30.6. The van der Waals surface area contributed by atoms with Gasteiger partial charge in [0, 0.05) is 72.8 Å². The predicted octanol–water partition coefficient (Wildman–Crippen LogP) is 8.88. The number of aromatic nitrogens is 5. The Balaban J connectivity index is 1.02.